The zero-order valence-corrected chi connectivity index (χ0v) is 10.8. The summed E-state index contributed by atoms with van der Waals surface area (Å²) in [4.78, 5) is 17.1. The van der Waals surface area contributed by atoms with E-state index < -0.39 is 11.7 Å². The fourth-order valence-electron chi connectivity index (χ4n) is 1.80. The highest BCUT2D eigenvalue weighted by molar-refractivity contribution is 5.85. The lowest BCUT2D eigenvalue weighted by atomic mass is 9.95. The van der Waals surface area contributed by atoms with Crippen LogP contribution in [0, 0.1) is 0 Å². The first kappa shape index (κ1) is 12.6. The summed E-state index contributed by atoms with van der Waals surface area (Å²) in [6, 6.07) is 9.67. The fourth-order valence-corrected chi connectivity index (χ4v) is 1.80. The molecule has 0 amide bonds. The van der Waals surface area contributed by atoms with Gasteiger partial charge in [0.15, 0.2) is 0 Å². The molecule has 1 aromatic rings. The van der Waals surface area contributed by atoms with Crippen LogP contribution in [-0.2, 0) is 14.4 Å². The second kappa shape index (κ2) is 4.80. The number of oxime groups is 1. The zero-order valence-electron chi connectivity index (χ0n) is 10.8. The molecule has 1 aliphatic rings. The van der Waals surface area contributed by atoms with E-state index in [2.05, 4.69) is 5.16 Å². The van der Waals surface area contributed by atoms with E-state index in [1.165, 1.54) is 0 Å². The van der Waals surface area contributed by atoms with Crippen LogP contribution >= 0.6 is 0 Å². The molecular weight excluding hydrogens is 230 g/mol. The first-order valence-electron chi connectivity index (χ1n) is 5.94. The van der Waals surface area contributed by atoms with Gasteiger partial charge < -0.3 is 9.57 Å². The number of hydrogen-bond acceptors (Lipinski definition) is 4. The summed E-state index contributed by atoms with van der Waals surface area (Å²) in [6.45, 7) is 5.49. The van der Waals surface area contributed by atoms with Crippen LogP contribution < -0.4 is 0 Å². The van der Waals surface area contributed by atoms with E-state index >= 15 is 0 Å². The van der Waals surface area contributed by atoms with Crippen LogP contribution in [0.5, 0.6) is 0 Å². The smallest absolute Gasteiger partial charge is 0.351 e. The number of carbonyl (C=O) groups excluding carboxylic acids is 1. The molecule has 0 bridgehead atoms. The van der Waals surface area contributed by atoms with Gasteiger partial charge in [0, 0.05) is 0 Å². The van der Waals surface area contributed by atoms with E-state index in [4.69, 9.17) is 9.57 Å². The Morgan fingerprint density at radius 3 is 2.56 bits per heavy atom. The molecule has 1 heterocycles. The molecule has 1 aliphatic heterocycles. The van der Waals surface area contributed by atoms with Crippen molar-refractivity contribution in [3.8, 4) is 0 Å². The van der Waals surface area contributed by atoms with Gasteiger partial charge in [-0.3, -0.25) is 0 Å². The van der Waals surface area contributed by atoms with E-state index in [0.29, 0.717) is 0 Å². The number of rotatable bonds is 2. The van der Waals surface area contributed by atoms with Crippen molar-refractivity contribution in [2.75, 3.05) is 0 Å². The second-order valence-corrected chi connectivity index (χ2v) is 5.25. The first-order chi connectivity index (χ1) is 8.47. The molecular formula is C14H17NO3. The summed E-state index contributed by atoms with van der Waals surface area (Å²) in [6.07, 6.45) is 0.954. The molecule has 0 N–H and O–H groups in total. The lowest BCUT2D eigenvalue weighted by Crippen LogP contribution is -2.34. The lowest BCUT2D eigenvalue weighted by Gasteiger charge is -2.23. The molecule has 0 aromatic heterocycles. The lowest BCUT2D eigenvalue weighted by molar-refractivity contribution is -0.167. The second-order valence-electron chi connectivity index (χ2n) is 5.25. The molecule has 0 saturated heterocycles. The predicted octanol–water partition coefficient (Wildman–Crippen LogP) is 2.50. The van der Waals surface area contributed by atoms with Gasteiger partial charge in [-0.1, -0.05) is 35.5 Å². The molecule has 0 saturated carbocycles. The molecule has 4 nitrogen and oxygen atoms in total. The van der Waals surface area contributed by atoms with Crippen molar-refractivity contribution >= 4 is 12.2 Å². The van der Waals surface area contributed by atoms with E-state index in [-0.39, 0.29) is 11.9 Å². The maximum absolute atomic E-state index is 12.0. The summed E-state index contributed by atoms with van der Waals surface area (Å²) < 4.78 is 5.33. The molecule has 4 heteroatoms. The van der Waals surface area contributed by atoms with Crippen LogP contribution in [0.25, 0.3) is 0 Å². The Morgan fingerprint density at radius 2 is 1.94 bits per heavy atom. The van der Waals surface area contributed by atoms with Gasteiger partial charge in [0.2, 0.25) is 6.10 Å². The van der Waals surface area contributed by atoms with Gasteiger partial charge in [-0.05, 0) is 26.3 Å². The van der Waals surface area contributed by atoms with Gasteiger partial charge in [0.25, 0.3) is 0 Å². The molecule has 2 atom stereocenters. The minimum atomic E-state index is -0.688. The van der Waals surface area contributed by atoms with Crippen molar-refractivity contribution in [2.45, 2.75) is 38.4 Å². The fraction of sp³-hybridized carbons (Fsp3) is 0.429. The average molecular weight is 247 g/mol. The van der Waals surface area contributed by atoms with Crippen LogP contribution in [0.1, 0.15) is 32.3 Å². The highest BCUT2D eigenvalue weighted by Gasteiger charge is 2.37. The quantitative estimate of drug-likeness (QED) is 0.754. The molecule has 0 fully saturated rings. The van der Waals surface area contributed by atoms with Gasteiger partial charge in [0.05, 0.1) is 12.1 Å². The highest BCUT2D eigenvalue weighted by atomic mass is 16.7. The third-order valence-corrected chi connectivity index (χ3v) is 2.55. The van der Waals surface area contributed by atoms with E-state index in [0.717, 1.165) is 5.56 Å². The van der Waals surface area contributed by atoms with Gasteiger partial charge in [-0.25, -0.2) is 4.79 Å². The van der Waals surface area contributed by atoms with Crippen LogP contribution in [0.3, 0.4) is 0 Å². The summed E-state index contributed by atoms with van der Waals surface area (Å²) >= 11 is 0. The van der Waals surface area contributed by atoms with Crippen LogP contribution in [0.15, 0.2) is 35.5 Å². The number of esters is 1. The summed E-state index contributed by atoms with van der Waals surface area (Å²) in [7, 11) is 0. The number of hydrogen-bond donors (Lipinski definition) is 0. The zero-order chi connectivity index (χ0) is 13.2. The molecule has 2 rings (SSSR count). The first-order valence-corrected chi connectivity index (χ1v) is 5.94. The normalized spacial score (nSPS) is 22.6. The third kappa shape index (κ3) is 2.88. The Hall–Kier alpha value is -1.84. The van der Waals surface area contributed by atoms with Crippen LogP contribution in [0.4, 0.5) is 0 Å². The largest absolute Gasteiger partial charge is 0.457 e. The molecule has 1 aromatic carbocycles. The van der Waals surface area contributed by atoms with Crippen LogP contribution in [-0.4, -0.2) is 23.9 Å². The molecule has 0 aliphatic carbocycles. The summed E-state index contributed by atoms with van der Waals surface area (Å²) in [5, 5.41) is 3.75. The van der Waals surface area contributed by atoms with Crippen molar-refractivity contribution in [1.82, 2.24) is 0 Å². The van der Waals surface area contributed by atoms with Gasteiger partial charge in [-0.15, -0.1) is 0 Å². The summed E-state index contributed by atoms with van der Waals surface area (Å²) in [5.74, 6) is -0.560. The topological polar surface area (TPSA) is 47.9 Å². The van der Waals surface area contributed by atoms with Crippen molar-refractivity contribution < 1.29 is 14.4 Å². The van der Waals surface area contributed by atoms with Crippen molar-refractivity contribution in [3.63, 3.8) is 0 Å². The number of nitrogens with zero attached hydrogens (tertiary/aromatic N) is 1. The maximum Gasteiger partial charge on any atom is 0.351 e. The Kier molecular flexibility index (Phi) is 3.36. The maximum atomic E-state index is 12.0. The Bertz CT molecular complexity index is 448. The van der Waals surface area contributed by atoms with Crippen molar-refractivity contribution in [1.29, 1.82) is 0 Å². The average Bonchev–Trinajstić information content (AvgIpc) is 2.76. The SMILES string of the molecule is CC(C)(C)OC(=O)C1ON=CC1c1ccccc1. The predicted molar refractivity (Wildman–Crippen MR) is 68.4 cm³/mol. The monoisotopic (exact) mass is 247 g/mol. The molecule has 18 heavy (non-hydrogen) atoms. The number of ether oxygens (including phenoxy) is 1. The molecule has 96 valence electrons. The Balaban J connectivity index is 2.13. The van der Waals surface area contributed by atoms with Gasteiger partial charge in [0.1, 0.15) is 5.60 Å². The van der Waals surface area contributed by atoms with Crippen molar-refractivity contribution in [2.24, 2.45) is 5.16 Å². The minimum absolute atomic E-state index is 0.180. The van der Waals surface area contributed by atoms with Crippen LogP contribution in [0.2, 0.25) is 0 Å². The number of carbonyl (C=O) groups is 1. The van der Waals surface area contributed by atoms with E-state index in [9.17, 15) is 4.79 Å². The standard InChI is InChI=1S/C14H17NO3/c1-14(2,3)17-13(16)12-11(9-15-18-12)10-7-5-4-6-8-10/h4-9,11-12H,1-3H3. The molecule has 2 unspecified atom stereocenters. The van der Waals surface area contributed by atoms with Crippen molar-refractivity contribution in [3.05, 3.63) is 35.9 Å². The molecule has 0 spiro atoms. The minimum Gasteiger partial charge on any atom is -0.457 e. The van der Waals surface area contributed by atoms with E-state index in [1.807, 2.05) is 51.1 Å². The Labute approximate surface area is 107 Å². The Morgan fingerprint density at radius 1 is 1.28 bits per heavy atom. The summed E-state index contributed by atoms with van der Waals surface area (Å²) in [5.41, 5.74) is 0.471. The molecule has 0 radical (unpaired) electrons. The van der Waals surface area contributed by atoms with Gasteiger partial charge in [-0.2, -0.15) is 0 Å². The third-order valence-electron chi connectivity index (χ3n) is 2.55. The number of benzene rings is 1. The highest BCUT2D eigenvalue weighted by Crippen LogP contribution is 2.27. The van der Waals surface area contributed by atoms with E-state index in [1.54, 1.807) is 6.21 Å². The van der Waals surface area contributed by atoms with Gasteiger partial charge >= 0.3 is 5.97 Å².